The normalized spacial score (nSPS) is 51.3. The average molecular weight is 791 g/mol. The van der Waals surface area contributed by atoms with Crippen molar-refractivity contribution < 1.29 is 73.3 Å². The largest absolute Gasteiger partial charge is 0.435 e. The lowest BCUT2D eigenvalue weighted by molar-refractivity contribution is -0.410. The summed E-state index contributed by atoms with van der Waals surface area (Å²) in [6.07, 6.45) is -9.48. The number of hydrogen-bond acceptors (Lipinski definition) is 15. The zero-order valence-electron chi connectivity index (χ0n) is 34.5. The Bertz CT molecular complexity index is 1250. The summed E-state index contributed by atoms with van der Waals surface area (Å²) in [4.78, 5) is 13.7. The molecule has 15 heteroatoms. The molecule has 0 radical (unpaired) electrons. The van der Waals surface area contributed by atoms with Gasteiger partial charge in [-0.3, -0.25) is 4.79 Å². The van der Waals surface area contributed by atoms with Crippen LogP contribution >= 0.6 is 0 Å². The monoisotopic (exact) mass is 790 g/mol. The van der Waals surface area contributed by atoms with E-state index in [0.29, 0.717) is 19.3 Å². The van der Waals surface area contributed by atoms with E-state index in [1.165, 1.54) is 0 Å². The molecule has 23 unspecified atom stereocenters. The molecule has 320 valence electrons. The molecule has 0 bridgehead atoms. The van der Waals surface area contributed by atoms with Gasteiger partial charge in [0.05, 0.1) is 72.6 Å². The minimum Gasteiger partial charge on any atom is -0.435 e. The molecule has 5 saturated heterocycles. The summed E-state index contributed by atoms with van der Waals surface area (Å²) in [7, 11) is 0. The number of ether oxygens (including phenoxy) is 8. The highest BCUT2D eigenvalue weighted by Crippen LogP contribution is 2.52. The Morgan fingerprint density at radius 2 is 1.35 bits per heavy atom. The van der Waals surface area contributed by atoms with Crippen molar-refractivity contribution in [2.24, 2.45) is 35.5 Å². The van der Waals surface area contributed by atoms with Gasteiger partial charge in [0.25, 0.3) is 0 Å². The maximum absolute atomic E-state index is 13.7. The number of hydrogen-bond donors (Lipinski definition) is 6. The van der Waals surface area contributed by atoms with E-state index in [2.05, 4.69) is 0 Å². The molecule has 0 aliphatic carbocycles. The highest BCUT2D eigenvalue weighted by molar-refractivity contribution is 5.73. The molecule has 5 aliphatic heterocycles. The van der Waals surface area contributed by atoms with Crippen LogP contribution in [0.25, 0.3) is 0 Å². The van der Waals surface area contributed by atoms with E-state index in [1.54, 1.807) is 27.7 Å². The lowest BCUT2D eigenvalue weighted by atomic mass is 9.68. The lowest BCUT2D eigenvalue weighted by Crippen LogP contribution is -2.70. The van der Waals surface area contributed by atoms with Gasteiger partial charge in [-0.05, 0) is 47.5 Å². The lowest BCUT2D eigenvalue weighted by Gasteiger charge is -2.60. The van der Waals surface area contributed by atoms with Crippen molar-refractivity contribution >= 4 is 5.97 Å². The van der Waals surface area contributed by atoms with Crippen LogP contribution in [0.15, 0.2) is 0 Å². The highest BCUT2D eigenvalue weighted by atomic mass is 16.7. The number of carbonyl (C=O) groups excluding carboxylic acids is 1. The first-order chi connectivity index (χ1) is 25.6. The Labute approximate surface area is 326 Å². The maximum atomic E-state index is 13.7. The summed E-state index contributed by atoms with van der Waals surface area (Å²) in [5.74, 6) is -5.19. The molecule has 23 atom stereocenters. The van der Waals surface area contributed by atoms with Crippen molar-refractivity contribution in [1.82, 2.24) is 0 Å². The number of aliphatic hydroxyl groups is 6. The highest BCUT2D eigenvalue weighted by Gasteiger charge is 2.62. The van der Waals surface area contributed by atoms with Crippen LogP contribution in [0.3, 0.4) is 0 Å². The Morgan fingerprint density at radius 3 is 1.91 bits per heavy atom. The van der Waals surface area contributed by atoms with Crippen LogP contribution in [-0.2, 0) is 42.7 Å². The van der Waals surface area contributed by atoms with Gasteiger partial charge in [-0.15, -0.1) is 0 Å². The second-order valence-electron chi connectivity index (χ2n) is 17.7. The quantitative estimate of drug-likeness (QED) is 0.176. The SMILES string of the molecule is CCC(O)C(C)C1OC2(OC(C(C)C(=O)OC3CC(O)C(OC4CCC(OC5CC(C)(O)C(O)C(C)O5)C(C)O4)C(C)O3)C(C)C(O)C2C)C(C)C(O)C1C. The molecular formula is C40H70O15. The van der Waals surface area contributed by atoms with Crippen molar-refractivity contribution in [3.05, 3.63) is 0 Å². The molecule has 0 aromatic heterocycles. The second-order valence-corrected chi connectivity index (χ2v) is 17.7. The number of rotatable bonds is 10. The molecule has 15 nitrogen and oxygen atoms in total. The fourth-order valence-corrected chi connectivity index (χ4v) is 9.67. The van der Waals surface area contributed by atoms with Crippen LogP contribution in [0.2, 0.25) is 0 Å². The van der Waals surface area contributed by atoms with Gasteiger partial charge in [0.15, 0.2) is 18.4 Å². The van der Waals surface area contributed by atoms with E-state index >= 15 is 0 Å². The predicted molar refractivity (Wildman–Crippen MR) is 196 cm³/mol. The first-order valence-corrected chi connectivity index (χ1v) is 20.6. The van der Waals surface area contributed by atoms with Crippen LogP contribution in [0.1, 0.15) is 108 Å². The summed E-state index contributed by atoms with van der Waals surface area (Å²) in [6.45, 7) is 19.6. The van der Waals surface area contributed by atoms with Gasteiger partial charge >= 0.3 is 5.97 Å². The first-order valence-electron chi connectivity index (χ1n) is 20.6. The van der Waals surface area contributed by atoms with Crippen molar-refractivity contribution in [2.45, 2.75) is 212 Å². The molecule has 5 rings (SSSR count). The summed E-state index contributed by atoms with van der Waals surface area (Å²) in [5, 5.41) is 65.7. The fourth-order valence-electron chi connectivity index (χ4n) is 9.67. The minimum absolute atomic E-state index is 0.0430. The minimum atomic E-state index is -1.43. The molecule has 0 amide bonds. The fraction of sp³-hybridized carbons (Fsp3) is 0.975. The Morgan fingerprint density at radius 1 is 0.782 bits per heavy atom. The Hall–Kier alpha value is -1.05. The predicted octanol–water partition coefficient (Wildman–Crippen LogP) is 2.37. The molecule has 0 saturated carbocycles. The van der Waals surface area contributed by atoms with Crippen LogP contribution in [-0.4, -0.2) is 140 Å². The molecule has 6 N–H and O–H groups in total. The van der Waals surface area contributed by atoms with E-state index in [4.69, 9.17) is 37.9 Å². The third kappa shape index (κ3) is 9.09. The van der Waals surface area contributed by atoms with Crippen LogP contribution in [0.5, 0.6) is 0 Å². The first kappa shape index (κ1) is 45.0. The topological polar surface area (TPSA) is 212 Å². The van der Waals surface area contributed by atoms with Gasteiger partial charge in [0.2, 0.25) is 6.29 Å². The van der Waals surface area contributed by atoms with E-state index in [-0.39, 0.29) is 30.8 Å². The van der Waals surface area contributed by atoms with Gasteiger partial charge in [-0.2, -0.15) is 0 Å². The van der Waals surface area contributed by atoms with Crippen molar-refractivity contribution in [2.75, 3.05) is 0 Å². The smallest absolute Gasteiger partial charge is 0.313 e. The molecule has 5 heterocycles. The zero-order chi connectivity index (χ0) is 40.9. The summed E-state index contributed by atoms with van der Waals surface area (Å²) in [6, 6.07) is 0. The van der Waals surface area contributed by atoms with Crippen LogP contribution < -0.4 is 0 Å². The number of esters is 1. The van der Waals surface area contributed by atoms with Gasteiger partial charge in [0.1, 0.15) is 12.2 Å². The maximum Gasteiger partial charge on any atom is 0.313 e. The summed E-state index contributed by atoms with van der Waals surface area (Å²) in [5.41, 5.74) is -1.34. The third-order valence-electron chi connectivity index (χ3n) is 13.6. The summed E-state index contributed by atoms with van der Waals surface area (Å²) >= 11 is 0. The van der Waals surface area contributed by atoms with Gasteiger partial charge in [-0.1, -0.05) is 41.5 Å². The van der Waals surface area contributed by atoms with E-state index in [0.717, 1.165) is 0 Å². The van der Waals surface area contributed by atoms with Crippen molar-refractivity contribution in [3.8, 4) is 0 Å². The van der Waals surface area contributed by atoms with Crippen LogP contribution in [0, 0.1) is 35.5 Å². The number of aliphatic hydroxyl groups excluding tert-OH is 5. The van der Waals surface area contributed by atoms with E-state index in [9.17, 15) is 35.4 Å². The van der Waals surface area contributed by atoms with Crippen LogP contribution in [0.4, 0.5) is 0 Å². The third-order valence-corrected chi connectivity index (χ3v) is 13.6. The van der Waals surface area contributed by atoms with Crippen molar-refractivity contribution in [1.29, 1.82) is 0 Å². The second kappa shape index (κ2) is 17.7. The Kier molecular flexibility index (Phi) is 14.5. The molecule has 5 aliphatic rings. The molecule has 5 fully saturated rings. The van der Waals surface area contributed by atoms with E-state index < -0.39 is 127 Å². The Balaban J connectivity index is 1.17. The van der Waals surface area contributed by atoms with Gasteiger partial charge in [0, 0.05) is 48.9 Å². The van der Waals surface area contributed by atoms with E-state index in [1.807, 2.05) is 48.5 Å². The molecular weight excluding hydrogens is 720 g/mol. The zero-order valence-corrected chi connectivity index (χ0v) is 34.5. The molecule has 0 aromatic rings. The average Bonchev–Trinajstić information content (AvgIpc) is 3.12. The van der Waals surface area contributed by atoms with Crippen molar-refractivity contribution in [3.63, 3.8) is 0 Å². The number of carbonyl (C=O) groups is 1. The van der Waals surface area contributed by atoms with Gasteiger partial charge < -0.3 is 68.5 Å². The standard InChI is InChI=1S/C40H70O15/c1-12-26(41)17(2)34-18(3)32(43)21(6)40(54-34)22(7)33(44)19(4)35(55-40)20(5)38(46)53-30-15-27(42)36(24(9)49-30)52-29-14-13-28(23(8)48-29)51-31-16-39(11,47)37(45)25(10)50-31/h17-37,41-45,47H,12-16H2,1-11H3. The molecule has 1 spiro atoms. The molecule has 55 heavy (non-hydrogen) atoms. The van der Waals surface area contributed by atoms with Gasteiger partial charge in [-0.25, -0.2) is 0 Å². The summed E-state index contributed by atoms with van der Waals surface area (Å²) < 4.78 is 49.6. The molecule has 0 aromatic carbocycles.